The predicted octanol–water partition coefficient (Wildman–Crippen LogP) is 3.13. The molecule has 0 aliphatic heterocycles. The van der Waals surface area contributed by atoms with Crippen LogP contribution in [0.3, 0.4) is 0 Å². The highest BCUT2D eigenvalue weighted by Gasteiger charge is 2.18. The Labute approximate surface area is 160 Å². The molecule has 3 rings (SSSR count). The van der Waals surface area contributed by atoms with Crippen LogP contribution in [0, 0.1) is 6.92 Å². The zero-order chi connectivity index (χ0) is 19.1. The van der Waals surface area contributed by atoms with Gasteiger partial charge in [0.05, 0.1) is 6.61 Å². The number of carbonyl (C=O) groups excluding carboxylic acids is 2. The average Bonchev–Trinajstić information content (AvgIpc) is 3.17. The van der Waals surface area contributed by atoms with Gasteiger partial charge >= 0.3 is 6.09 Å². The van der Waals surface area contributed by atoms with Gasteiger partial charge in [-0.25, -0.2) is 10.2 Å². The Morgan fingerprint density at radius 3 is 2.67 bits per heavy atom. The molecule has 2 aromatic carbocycles. The minimum Gasteiger partial charge on any atom is -0.448 e. The highest BCUT2D eigenvalue weighted by molar-refractivity contribution is 7.08. The molecule has 2 N–H and O–H groups in total. The highest BCUT2D eigenvalue weighted by atomic mass is 32.1. The lowest BCUT2D eigenvalue weighted by atomic mass is 10.1. The molecule has 0 aliphatic rings. The number of nitrogens with one attached hydrogen (secondary N) is 2. The smallest absolute Gasteiger partial charge is 0.426 e. The van der Waals surface area contributed by atoms with E-state index < -0.39 is 12.0 Å². The Bertz CT molecular complexity index is 927. The molecule has 0 unspecified atom stereocenters. The Balaban J connectivity index is 1.48. The van der Waals surface area contributed by atoms with Crippen molar-refractivity contribution >= 4 is 23.5 Å². The number of hydrogen-bond donors (Lipinski definition) is 2. The monoisotopic (exact) mass is 382 g/mol. The number of rotatable bonds is 5. The fraction of sp³-hybridized carbons (Fsp3) is 0.158. The Morgan fingerprint density at radius 2 is 1.89 bits per heavy atom. The maximum atomic E-state index is 12.3. The number of benzene rings is 2. The van der Waals surface area contributed by atoms with Gasteiger partial charge in [0.2, 0.25) is 0 Å². The van der Waals surface area contributed by atoms with Gasteiger partial charge < -0.3 is 4.74 Å². The molecule has 8 heteroatoms. The number of aryl methyl sites for hydroxylation is 1. The molecule has 0 fully saturated rings. The zero-order valence-electron chi connectivity index (χ0n) is 14.6. The number of hydrazine groups is 1. The molecule has 0 aliphatic carbocycles. The molecule has 2 amide bonds. The number of nitrogens with zero attached hydrogens (tertiary/aromatic N) is 2. The fourth-order valence-electron chi connectivity index (χ4n) is 2.45. The zero-order valence-corrected chi connectivity index (χ0v) is 15.5. The summed E-state index contributed by atoms with van der Waals surface area (Å²) in [5.74, 6) is -0.500. The molecule has 27 heavy (non-hydrogen) atoms. The van der Waals surface area contributed by atoms with Crippen molar-refractivity contribution in [1.82, 2.24) is 20.4 Å². The third kappa shape index (κ3) is 5.11. The first-order valence-electron chi connectivity index (χ1n) is 8.30. The molecule has 1 aromatic heterocycles. The lowest BCUT2D eigenvalue weighted by Crippen LogP contribution is -2.42. The van der Waals surface area contributed by atoms with Crippen LogP contribution in [0.2, 0.25) is 0 Å². The maximum absolute atomic E-state index is 12.3. The van der Waals surface area contributed by atoms with Crippen LogP contribution in [0.4, 0.5) is 4.79 Å². The third-order valence-corrected chi connectivity index (χ3v) is 4.45. The van der Waals surface area contributed by atoms with Gasteiger partial charge in [-0.15, -0.1) is 5.10 Å². The molecule has 3 aromatic rings. The van der Waals surface area contributed by atoms with Crippen LogP contribution in [-0.2, 0) is 11.2 Å². The highest BCUT2D eigenvalue weighted by Crippen LogP contribution is 2.23. The van der Waals surface area contributed by atoms with E-state index in [9.17, 15) is 9.59 Å². The van der Waals surface area contributed by atoms with Crippen LogP contribution in [0.1, 0.15) is 20.8 Å². The Hall–Kier alpha value is -3.26. The number of aromatic nitrogens is 2. The van der Waals surface area contributed by atoms with E-state index >= 15 is 0 Å². The molecule has 0 atom stereocenters. The first-order valence-corrected chi connectivity index (χ1v) is 9.07. The standard InChI is InChI=1S/C19H18N4O3S/c1-13-6-5-7-14(12-13)10-11-26-19(25)22-21-18(24)17-16(20-23-27-17)15-8-3-2-4-9-15/h2-9,12H,10-11H2,1H3,(H,21,24)(H,22,25). The van der Waals surface area contributed by atoms with E-state index in [0.717, 1.165) is 28.2 Å². The van der Waals surface area contributed by atoms with Crippen LogP contribution in [0.15, 0.2) is 54.6 Å². The molecular weight excluding hydrogens is 364 g/mol. The summed E-state index contributed by atoms with van der Waals surface area (Å²) in [5.41, 5.74) is 8.03. The first-order chi connectivity index (χ1) is 13.1. The third-order valence-electron chi connectivity index (χ3n) is 3.73. The van der Waals surface area contributed by atoms with Gasteiger partial charge in [-0.3, -0.25) is 10.2 Å². The summed E-state index contributed by atoms with van der Waals surface area (Å²) in [6, 6.07) is 17.2. The van der Waals surface area contributed by atoms with Gasteiger partial charge in [-0.05, 0) is 24.0 Å². The summed E-state index contributed by atoms with van der Waals surface area (Å²) in [6.45, 7) is 2.22. The quantitative estimate of drug-likeness (QED) is 0.661. The van der Waals surface area contributed by atoms with E-state index in [4.69, 9.17) is 4.74 Å². The molecule has 0 saturated heterocycles. The van der Waals surface area contributed by atoms with Crippen molar-refractivity contribution in [2.75, 3.05) is 6.61 Å². The second-order valence-electron chi connectivity index (χ2n) is 5.77. The van der Waals surface area contributed by atoms with Crippen molar-refractivity contribution in [2.24, 2.45) is 0 Å². The van der Waals surface area contributed by atoms with E-state index in [2.05, 4.69) is 20.4 Å². The van der Waals surface area contributed by atoms with Crippen LogP contribution in [-0.4, -0.2) is 28.2 Å². The van der Waals surface area contributed by atoms with Gasteiger partial charge in [0.15, 0.2) is 0 Å². The Kier molecular flexibility index (Phi) is 6.11. The van der Waals surface area contributed by atoms with E-state index in [1.807, 2.05) is 61.5 Å². The molecule has 7 nitrogen and oxygen atoms in total. The topological polar surface area (TPSA) is 93.2 Å². The first kappa shape index (κ1) is 18.5. The van der Waals surface area contributed by atoms with Gasteiger partial charge in [0, 0.05) is 12.0 Å². The maximum Gasteiger partial charge on any atom is 0.426 e. The average molecular weight is 382 g/mol. The normalized spacial score (nSPS) is 10.3. The largest absolute Gasteiger partial charge is 0.448 e. The van der Waals surface area contributed by atoms with E-state index in [0.29, 0.717) is 17.0 Å². The summed E-state index contributed by atoms with van der Waals surface area (Å²) in [6.07, 6.45) is -0.130. The summed E-state index contributed by atoms with van der Waals surface area (Å²) < 4.78 is 8.90. The molecular formula is C19H18N4O3S. The second-order valence-corrected chi connectivity index (χ2v) is 6.52. The minimum absolute atomic E-state index is 0.211. The van der Waals surface area contributed by atoms with Gasteiger partial charge in [0.25, 0.3) is 5.91 Å². The molecule has 0 radical (unpaired) electrons. The van der Waals surface area contributed by atoms with Crippen molar-refractivity contribution in [2.45, 2.75) is 13.3 Å². The summed E-state index contributed by atoms with van der Waals surface area (Å²) in [5, 5.41) is 3.99. The minimum atomic E-state index is -0.727. The summed E-state index contributed by atoms with van der Waals surface area (Å²) >= 11 is 0.955. The van der Waals surface area contributed by atoms with Gasteiger partial charge in [0.1, 0.15) is 10.6 Å². The van der Waals surface area contributed by atoms with Crippen molar-refractivity contribution < 1.29 is 14.3 Å². The van der Waals surface area contributed by atoms with E-state index in [1.165, 1.54) is 0 Å². The van der Waals surface area contributed by atoms with Crippen LogP contribution >= 0.6 is 11.5 Å². The number of hydrogen-bond acceptors (Lipinski definition) is 6. The molecule has 1 heterocycles. The van der Waals surface area contributed by atoms with Crippen molar-refractivity contribution in [3.05, 3.63) is 70.6 Å². The number of amides is 2. The van der Waals surface area contributed by atoms with Crippen molar-refractivity contribution in [3.63, 3.8) is 0 Å². The van der Waals surface area contributed by atoms with Crippen molar-refractivity contribution in [3.8, 4) is 11.3 Å². The molecule has 0 bridgehead atoms. The fourth-order valence-corrected chi connectivity index (χ4v) is 3.04. The van der Waals surface area contributed by atoms with E-state index in [-0.39, 0.29) is 6.61 Å². The predicted molar refractivity (Wildman–Crippen MR) is 102 cm³/mol. The summed E-state index contributed by atoms with van der Waals surface area (Å²) in [7, 11) is 0. The van der Waals surface area contributed by atoms with Crippen LogP contribution < -0.4 is 10.9 Å². The Morgan fingerprint density at radius 1 is 1.07 bits per heavy atom. The number of carbonyl (C=O) groups is 2. The lowest BCUT2D eigenvalue weighted by molar-refractivity contribution is 0.0914. The van der Waals surface area contributed by atoms with E-state index in [1.54, 1.807) is 0 Å². The number of ether oxygens (including phenoxy) is 1. The molecule has 138 valence electrons. The van der Waals surface area contributed by atoms with Gasteiger partial charge in [-0.2, -0.15) is 0 Å². The molecule has 0 saturated carbocycles. The van der Waals surface area contributed by atoms with Crippen LogP contribution in [0.25, 0.3) is 11.3 Å². The lowest BCUT2D eigenvalue weighted by Gasteiger charge is -2.08. The SMILES string of the molecule is Cc1cccc(CCOC(=O)NNC(=O)c2snnc2-c2ccccc2)c1. The second kappa shape index (κ2) is 8.91. The summed E-state index contributed by atoms with van der Waals surface area (Å²) in [4.78, 5) is 24.3. The van der Waals surface area contributed by atoms with Crippen molar-refractivity contribution in [1.29, 1.82) is 0 Å². The molecule has 0 spiro atoms. The van der Waals surface area contributed by atoms with Gasteiger partial charge in [-0.1, -0.05) is 64.6 Å². The van der Waals surface area contributed by atoms with Crippen LogP contribution in [0.5, 0.6) is 0 Å².